The number of benzene rings is 1. The molecule has 106 valence electrons. The maximum Gasteiger partial charge on any atom is 0.308 e. The fraction of sp³-hybridized carbons (Fsp3) is 0.533. The molecule has 4 nitrogen and oxygen atoms in total. The van der Waals surface area contributed by atoms with Gasteiger partial charge in [-0.2, -0.15) is 0 Å². The van der Waals surface area contributed by atoms with Crippen LogP contribution in [0.4, 0.5) is 0 Å². The van der Waals surface area contributed by atoms with Gasteiger partial charge >= 0.3 is 5.97 Å². The lowest BCUT2D eigenvalue weighted by molar-refractivity contribution is -0.144. The number of rotatable bonds is 5. The van der Waals surface area contributed by atoms with Crippen molar-refractivity contribution in [2.45, 2.75) is 33.7 Å². The standard InChI is InChI=1S/C15H23NO3/c1-8(2)13(15(17)18)14(16)11-6-9(3)10(4)7-12(11)19-5/h6-8,13-14H,16H2,1-5H3,(H,17,18). The maximum absolute atomic E-state index is 11.4. The average molecular weight is 265 g/mol. The Balaban J connectivity index is 3.27. The van der Waals surface area contributed by atoms with E-state index in [0.29, 0.717) is 5.75 Å². The predicted octanol–water partition coefficient (Wildman–Crippen LogP) is 2.67. The molecule has 0 aromatic heterocycles. The third kappa shape index (κ3) is 3.26. The van der Waals surface area contributed by atoms with Crippen molar-refractivity contribution in [1.29, 1.82) is 0 Å². The van der Waals surface area contributed by atoms with Crippen LogP contribution in [0, 0.1) is 25.7 Å². The van der Waals surface area contributed by atoms with Crippen LogP contribution in [0.25, 0.3) is 0 Å². The molecule has 4 heteroatoms. The van der Waals surface area contributed by atoms with Crippen LogP contribution in [-0.4, -0.2) is 18.2 Å². The molecule has 1 aromatic rings. The van der Waals surface area contributed by atoms with Crippen LogP contribution in [0.15, 0.2) is 12.1 Å². The molecule has 19 heavy (non-hydrogen) atoms. The van der Waals surface area contributed by atoms with Gasteiger partial charge in [-0.3, -0.25) is 4.79 Å². The third-order valence-electron chi connectivity index (χ3n) is 3.60. The van der Waals surface area contributed by atoms with Gasteiger partial charge in [-0.25, -0.2) is 0 Å². The number of hydrogen-bond donors (Lipinski definition) is 2. The SMILES string of the molecule is COc1cc(C)c(C)cc1C(N)C(C(=O)O)C(C)C. The van der Waals surface area contributed by atoms with E-state index >= 15 is 0 Å². The Morgan fingerprint density at radius 2 is 1.79 bits per heavy atom. The number of methoxy groups -OCH3 is 1. The van der Waals surface area contributed by atoms with Gasteiger partial charge in [0.25, 0.3) is 0 Å². The zero-order valence-electron chi connectivity index (χ0n) is 12.2. The summed E-state index contributed by atoms with van der Waals surface area (Å²) < 4.78 is 5.34. The Kier molecular flexibility index (Phi) is 4.95. The van der Waals surface area contributed by atoms with Crippen molar-refractivity contribution >= 4 is 5.97 Å². The van der Waals surface area contributed by atoms with Crippen molar-refractivity contribution in [2.75, 3.05) is 7.11 Å². The first-order valence-corrected chi connectivity index (χ1v) is 6.43. The number of nitrogens with two attached hydrogens (primary N) is 1. The molecule has 0 spiro atoms. The summed E-state index contributed by atoms with van der Waals surface area (Å²) in [5.41, 5.74) is 9.12. The van der Waals surface area contributed by atoms with Crippen molar-refractivity contribution in [3.05, 3.63) is 28.8 Å². The molecule has 0 aliphatic carbocycles. The number of carboxylic acids is 1. The quantitative estimate of drug-likeness (QED) is 0.858. The van der Waals surface area contributed by atoms with Crippen molar-refractivity contribution in [1.82, 2.24) is 0 Å². The van der Waals surface area contributed by atoms with Crippen LogP contribution >= 0.6 is 0 Å². The van der Waals surface area contributed by atoms with Crippen LogP contribution < -0.4 is 10.5 Å². The highest BCUT2D eigenvalue weighted by Gasteiger charge is 2.31. The second-order valence-electron chi connectivity index (χ2n) is 5.31. The third-order valence-corrected chi connectivity index (χ3v) is 3.60. The molecule has 2 atom stereocenters. The number of carboxylic acid groups (broad SMARTS) is 1. The first-order chi connectivity index (χ1) is 8.79. The molecule has 0 fully saturated rings. The molecule has 0 aliphatic rings. The van der Waals surface area contributed by atoms with Gasteiger partial charge in [0.1, 0.15) is 5.75 Å². The number of carbonyl (C=O) groups is 1. The van der Waals surface area contributed by atoms with Crippen LogP contribution in [0.2, 0.25) is 0 Å². The summed E-state index contributed by atoms with van der Waals surface area (Å²) in [7, 11) is 1.57. The number of aryl methyl sites for hydroxylation is 2. The summed E-state index contributed by atoms with van der Waals surface area (Å²) in [4.78, 5) is 11.4. The maximum atomic E-state index is 11.4. The van der Waals surface area contributed by atoms with Crippen LogP contribution in [0.5, 0.6) is 5.75 Å². The molecule has 0 radical (unpaired) electrons. The molecule has 0 bridgehead atoms. The smallest absolute Gasteiger partial charge is 0.308 e. The van der Waals surface area contributed by atoms with Crippen molar-refractivity contribution in [3.8, 4) is 5.75 Å². The fourth-order valence-electron chi connectivity index (χ4n) is 2.30. The molecule has 2 unspecified atom stereocenters. The van der Waals surface area contributed by atoms with E-state index in [0.717, 1.165) is 16.7 Å². The number of ether oxygens (including phenoxy) is 1. The Morgan fingerprint density at radius 1 is 1.26 bits per heavy atom. The van der Waals surface area contributed by atoms with Gasteiger partial charge in [0.2, 0.25) is 0 Å². The van der Waals surface area contributed by atoms with Crippen LogP contribution in [0.1, 0.15) is 36.6 Å². The van der Waals surface area contributed by atoms with E-state index in [1.54, 1.807) is 7.11 Å². The second-order valence-corrected chi connectivity index (χ2v) is 5.31. The van der Waals surface area contributed by atoms with Gasteiger partial charge in [-0.05, 0) is 37.0 Å². The van der Waals surface area contributed by atoms with Crippen molar-refractivity contribution in [2.24, 2.45) is 17.6 Å². The number of aliphatic carboxylic acids is 1. The summed E-state index contributed by atoms with van der Waals surface area (Å²) in [6.07, 6.45) is 0. The highest BCUT2D eigenvalue weighted by Crippen LogP contribution is 2.34. The van der Waals surface area contributed by atoms with E-state index in [4.69, 9.17) is 10.5 Å². The molecule has 3 N–H and O–H groups in total. The molecule has 1 aromatic carbocycles. The lowest BCUT2D eigenvalue weighted by Crippen LogP contribution is -2.32. The Hall–Kier alpha value is -1.55. The molecular weight excluding hydrogens is 242 g/mol. The van der Waals surface area contributed by atoms with Crippen LogP contribution in [-0.2, 0) is 4.79 Å². The largest absolute Gasteiger partial charge is 0.496 e. The second kappa shape index (κ2) is 6.06. The lowest BCUT2D eigenvalue weighted by atomic mass is 9.84. The summed E-state index contributed by atoms with van der Waals surface area (Å²) >= 11 is 0. The lowest BCUT2D eigenvalue weighted by Gasteiger charge is -2.25. The van der Waals surface area contributed by atoms with E-state index in [9.17, 15) is 9.90 Å². The van der Waals surface area contributed by atoms with Crippen molar-refractivity contribution < 1.29 is 14.6 Å². The van der Waals surface area contributed by atoms with Gasteiger partial charge in [0, 0.05) is 11.6 Å². The van der Waals surface area contributed by atoms with E-state index in [1.165, 1.54) is 0 Å². The molecule has 0 heterocycles. The van der Waals surface area contributed by atoms with Gasteiger partial charge in [-0.15, -0.1) is 0 Å². The molecule has 1 rings (SSSR count). The monoisotopic (exact) mass is 265 g/mol. The Labute approximate surface area is 114 Å². The normalized spacial score (nSPS) is 14.3. The minimum absolute atomic E-state index is 0.0428. The fourth-order valence-corrected chi connectivity index (χ4v) is 2.30. The van der Waals surface area contributed by atoms with E-state index < -0.39 is 17.9 Å². The summed E-state index contributed by atoms with van der Waals surface area (Å²) in [6, 6.07) is 3.26. The van der Waals surface area contributed by atoms with Gasteiger partial charge in [-0.1, -0.05) is 19.9 Å². The Bertz CT molecular complexity index is 469. The zero-order chi connectivity index (χ0) is 14.7. The topological polar surface area (TPSA) is 72.5 Å². The molecular formula is C15H23NO3. The highest BCUT2D eigenvalue weighted by molar-refractivity contribution is 5.72. The molecule has 0 saturated heterocycles. The van der Waals surface area contributed by atoms with E-state index in [1.807, 2.05) is 39.8 Å². The predicted molar refractivity (Wildman–Crippen MR) is 75.4 cm³/mol. The first kappa shape index (κ1) is 15.5. The first-order valence-electron chi connectivity index (χ1n) is 6.43. The van der Waals surface area contributed by atoms with Gasteiger partial charge < -0.3 is 15.6 Å². The molecule has 0 saturated carbocycles. The number of hydrogen-bond acceptors (Lipinski definition) is 3. The van der Waals surface area contributed by atoms with Crippen molar-refractivity contribution in [3.63, 3.8) is 0 Å². The van der Waals surface area contributed by atoms with E-state index in [2.05, 4.69) is 0 Å². The highest BCUT2D eigenvalue weighted by atomic mass is 16.5. The average Bonchev–Trinajstić information content (AvgIpc) is 2.30. The Morgan fingerprint density at radius 3 is 2.21 bits per heavy atom. The van der Waals surface area contributed by atoms with Crippen LogP contribution in [0.3, 0.4) is 0 Å². The summed E-state index contributed by atoms with van der Waals surface area (Å²) in [5.74, 6) is -0.889. The zero-order valence-corrected chi connectivity index (χ0v) is 12.2. The summed E-state index contributed by atoms with van der Waals surface area (Å²) in [5, 5.41) is 9.34. The van der Waals surface area contributed by atoms with Gasteiger partial charge in [0.15, 0.2) is 0 Å². The minimum Gasteiger partial charge on any atom is -0.496 e. The molecule has 0 aliphatic heterocycles. The minimum atomic E-state index is -0.872. The van der Waals surface area contributed by atoms with Gasteiger partial charge in [0.05, 0.1) is 13.0 Å². The molecule has 0 amide bonds. The van der Waals surface area contributed by atoms with E-state index in [-0.39, 0.29) is 5.92 Å². The summed E-state index contributed by atoms with van der Waals surface area (Å²) in [6.45, 7) is 7.71.